The highest BCUT2D eigenvalue weighted by Gasteiger charge is 2.35. The van der Waals surface area contributed by atoms with Gasteiger partial charge in [-0.05, 0) is 44.0 Å². The fourth-order valence-corrected chi connectivity index (χ4v) is 6.35. The molecule has 11 heteroatoms. The number of thiocarbonyl (C=S) groups is 1. The highest BCUT2D eigenvalue weighted by Crippen LogP contribution is 2.37. The van der Waals surface area contributed by atoms with Crippen molar-refractivity contribution in [2.75, 3.05) is 18.0 Å². The molecule has 0 unspecified atom stereocenters. The number of hydrogen-bond acceptors (Lipinski definition) is 9. The lowest BCUT2D eigenvalue weighted by Crippen LogP contribution is -2.27. The Balaban J connectivity index is 1.50. The van der Waals surface area contributed by atoms with Crippen LogP contribution in [-0.4, -0.2) is 41.6 Å². The van der Waals surface area contributed by atoms with Crippen LogP contribution < -0.4 is 4.90 Å². The minimum Gasteiger partial charge on any atom is -0.467 e. The number of amides is 1. The number of furan rings is 1. The second kappa shape index (κ2) is 9.05. The fraction of sp³-hybridized carbons (Fsp3) is 0.261. The van der Waals surface area contributed by atoms with Crippen LogP contribution in [0.1, 0.15) is 30.1 Å². The van der Waals surface area contributed by atoms with Crippen molar-refractivity contribution in [3.63, 3.8) is 0 Å². The number of thioether (sulfide) groups is 1. The number of oxazole rings is 1. The molecule has 4 heterocycles. The summed E-state index contributed by atoms with van der Waals surface area (Å²) >= 11 is 6.48. The number of anilines is 1. The molecule has 0 radical (unpaired) electrons. The van der Waals surface area contributed by atoms with E-state index >= 15 is 0 Å². The summed E-state index contributed by atoms with van der Waals surface area (Å²) in [6.07, 6.45) is 4.86. The number of aromatic nitrogens is 1. The van der Waals surface area contributed by atoms with Crippen molar-refractivity contribution in [1.82, 2.24) is 9.88 Å². The third-order valence-electron chi connectivity index (χ3n) is 5.60. The van der Waals surface area contributed by atoms with Gasteiger partial charge in [0.25, 0.3) is 5.91 Å². The molecule has 0 N–H and O–H groups in total. The smallest absolute Gasteiger partial charge is 0.266 e. The first kappa shape index (κ1) is 22.9. The molecule has 34 heavy (non-hydrogen) atoms. The van der Waals surface area contributed by atoms with Crippen LogP contribution in [-0.2, 0) is 21.2 Å². The predicted octanol–water partition coefficient (Wildman–Crippen LogP) is 4.41. The normalized spacial score (nSPS) is 18.0. The van der Waals surface area contributed by atoms with Gasteiger partial charge < -0.3 is 13.7 Å². The Morgan fingerprint density at radius 3 is 2.59 bits per heavy atom. The number of carbonyl (C=O) groups is 1. The molecule has 2 aromatic heterocycles. The number of sulfone groups is 1. The van der Waals surface area contributed by atoms with E-state index in [0.29, 0.717) is 28.1 Å². The lowest BCUT2D eigenvalue weighted by Gasteiger charge is -2.14. The van der Waals surface area contributed by atoms with E-state index in [9.17, 15) is 13.2 Å². The molecule has 5 rings (SSSR count). The van der Waals surface area contributed by atoms with Crippen LogP contribution in [0.3, 0.4) is 0 Å². The maximum absolute atomic E-state index is 13.4. The number of aryl methyl sites for hydroxylation is 1. The summed E-state index contributed by atoms with van der Waals surface area (Å²) in [5, 5.41) is -0.143. The number of benzene rings is 1. The molecule has 1 amide bonds. The summed E-state index contributed by atoms with van der Waals surface area (Å²) < 4.78 is 38.5. The minimum atomic E-state index is -3.92. The van der Waals surface area contributed by atoms with Crippen molar-refractivity contribution in [1.29, 1.82) is 0 Å². The maximum Gasteiger partial charge on any atom is 0.266 e. The standard InChI is InChI=1S/C23H21N3O5S3/c1-15-6-8-17(9-7-15)34(28,29)20-22(25-10-2-3-11-25)31-19(24-20)13-18-21(27)26(23(32)33-18)14-16-5-4-12-30-16/h4-9,12-13H,2-3,10-11,14H2,1H3. The molecule has 8 nitrogen and oxygen atoms in total. The Morgan fingerprint density at radius 2 is 1.91 bits per heavy atom. The number of hydrogen-bond donors (Lipinski definition) is 0. The molecule has 3 aromatic rings. The van der Waals surface area contributed by atoms with Crippen LogP contribution in [0, 0.1) is 6.92 Å². The topological polar surface area (TPSA) is 96.9 Å². The molecule has 0 bridgehead atoms. The lowest BCUT2D eigenvalue weighted by atomic mass is 10.2. The zero-order valence-corrected chi connectivity index (χ0v) is 20.7. The predicted molar refractivity (Wildman–Crippen MR) is 132 cm³/mol. The van der Waals surface area contributed by atoms with Crippen molar-refractivity contribution in [3.05, 3.63) is 64.8 Å². The summed E-state index contributed by atoms with van der Waals surface area (Å²) in [6, 6.07) is 10.1. The van der Waals surface area contributed by atoms with Gasteiger partial charge in [0.15, 0.2) is 0 Å². The first-order valence-corrected chi connectivity index (χ1v) is 13.4. The van der Waals surface area contributed by atoms with Gasteiger partial charge in [0.05, 0.1) is 22.6 Å². The molecule has 0 atom stereocenters. The Kier molecular flexibility index (Phi) is 6.09. The highest BCUT2D eigenvalue weighted by molar-refractivity contribution is 8.26. The largest absolute Gasteiger partial charge is 0.467 e. The molecule has 2 aliphatic heterocycles. The molecular formula is C23H21N3O5S3. The van der Waals surface area contributed by atoms with Gasteiger partial charge in [0, 0.05) is 19.2 Å². The molecule has 0 saturated carbocycles. The van der Waals surface area contributed by atoms with Crippen molar-refractivity contribution in [2.45, 2.75) is 36.2 Å². The van der Waals surface area contributed by atoms with E-state index in [4.69, 9.17) is 21.1 Å². The van der Waals surface area contributed by atoms with Crippen LogP contribution in [0.2, 0.25) is 0 Å². The minimum absolute atomic E-state index is 0.0473. The van der Waals surface area contributed by atoms with Gasteiger partial charge in [-0.3, -0.25) is 9.69 Å². The lowest BCUT2D eigenvalue weighted by molar-refractivity contribution is -0.122. The van der Waals surface area contributed by atoms with Crippen LogP contribution in [0.25, 0.3) is 6.08 Å². The van der Waals surface area contributed by atoms with Gasteiger partial charge in [-0.1, -0.05) is 41.7 Å². The zero-order chi connectivity index (χ0) is 23.9. The van der Waals surface area contributed by atoms with Crippen molar-refractivity contribution in [2.24, 2.45) is 0 Å². The van der Waals surface area contributed by atoms with Gasteiger partial charge >= 0.3 is 0 Å². The summed E-state index contributed by atoms with van der Waals surface area (Å²) in [4.78, 5) is 21.0. The molecular weight excluding hydrogens is 494 g/mol. The molecule has 2 saturated heterocycles. The number of nitrogens with zero attached hydrogens (tertiary/aromatic N) is 3. The molecule has 1 aromatic carbocycles. The van der Waals surface area contributed by atoms with Crippen molar-refractivity contribution < 1.29 is 22.0 Å². The number of carbonyl (C=O) groups excluding carboxylic acids is 1. The molecule has 2 fully saturated rings. The van der Waals surface area contributed by atoms with Crippen LogP contribution >= 0.6 is 24.0 Å². The van der Waals surface area contributed by atoms with E-state index in [1.165, 1.54) is 17.2 Å². The summed E-state index contributed by atoms with van der Waals surface area (Å²) in [6.45, 7) is 3.46. The maximum atomic E-state index is 13.4. The monoisotopic (exact) mass is 515 g/mol. The fourth-order valence-electron chi connectivity index (χ4n) is 3.81. The number of rotatable bonds is 6. The third-order valence-corrected chi connectivity index (χ3v) is 8.64. The summed E-state index contributed by atoms with van der Waals surface area (Å²) in [5.41, 5.74) is 0.955. The van der Waals surface area contributed by atoms with Crippen LogP contribution in [0.5, 0.6) is 0 Å². The Hall–Kier alpha value is -2.89. The second-order valence-electron chi connectivity index (χ2n) is 8.02. The average Bonchev–Trinajstić information content (AvgIpc) is 3.60. The van der Waals surface area contributed by atoms with Gasteiger partial charge in [-0.15, -0.1) is 0 Å². The van der Waals surface area contributed by atoms with Crippen molar-refractivity contribution in [3.8, 4) is 0 Å². The van der Waals surface area contributed by atoms with E-state index in [1.807, 2.05) is 11.8 Å². The van der Waals surface area contributed by atoms with E-state index in [0.717, 1.165) is 30.2 Å². The van der Waals surface area contributed by atoms with Crippen LogP contribution in [0.15, 0.2) is 66.3 Å². The van der Waals surface area contributed by atoms with Crippen LogP contribution in [0.4, 0.5) is 5.88 Å². The van der Waals surface area contributed by atoms with E-state index in [1.54, 1.807) is 36.4 Å². The molecule has 0 aliphatic carbocycles. The quantitative estimate of drug-likeness (QED) is 0.349. The Morgan fingerprint density at radius 1 is 1.18 bits per heavy atom. The van der Waals surface area contributed by atoms with E-state index < -0.39 is 9.84 Å². The first-order valence-electron chi connectivity index (χ1n) is 10.7. The Bertz CT molecular complexity index is 1370. The highest BCUT2D eigenvalue weighted by atomic mass is 32.2. The third kappa shape index (κ3) is 4.30. The molecule has 0 spiro atoms. The van der Waals surface area contributed by atoms with E-state index in [2.05, 4.69) is 4.98 Å². The summed E-state index contributed by atoms with van der Waals surface area (Å²) in [5.74, 6) is 0.549. The summed E-state index contributed by atoms with van der Waals surface area (Å²) in [7, 11) is -3.92. The molecule has 176 valence electrons. The first-order chi connectivity index (χ1) is 16.3. The van der Waals surface area contributed by atoms with Gasteiger partial charge in [-0.25, -0.2) is 8.42 Å². The average molecular weight is 516 g/mol. The van der Waals surface area contributed by atoms with Gasteiger partial charge in [-0.2, -0.15) is 4.98 Å². The second-order valence-corrected chi connectivity index (χ2v) is 11.6. The van der Waals surface area contributed by atoms with Gasteiger partial charge in [0.1, 0.15) is 10.1 Å². The SMILES string of the molecule is Cc1ccc(S(=O)(=O)c2nc(C=C3SC(=S)N(Cc4ccco4)C3=O)oc2N2CCCC2)cc1. The molecule has 2 aliphatic rings. The Labute approximate surface area is 206 Å². The van der Waals surface area contributed by atoms with E-state index in [-0.39, 0.29) is 34.1 Å². The van der Waals surface area contributed by atoms with Gasteiger partial charge in [0.2, 0.25) is 26.6 Å². The zero-order valence-electron chi connectivity index (χ0n) is 18.3. The van der Waals surface area contributed by atoms with Crippen molar-refractivity contribution >= 4 is 56.0 Å².